The Labute approximate surface area is 104 Å². The van der Waals surface area contributed by atoms with E-state index in [4.69, 9.17) is 10.4 Å². The summed E-state index contributed by atoms with van der Waals surface area (Å²) in [6.45, 7) is 7.66. The summed E-state index contributed by atoms with van der Waals surface area (Å²) >= 11 is 0. The average Bonchev–Trinajstić information content (AvgIpc) is 2.28. The zero-order chi connectivity index (χ0) is 13.5. The first kappa shape index (κ1) is 15.7. The van der Waals surface area contributed by atoms with Gasteiger partial charge in [-0.3, -0.25) is 4.79 Å². The topological polar surface area (TPSA) is 61.1 Å². The van der Waals surface area contributed by atoms with Gasteiger partial charge in [-0.05, 0) is 24.7 Å². The molecule has 0 radical (unpaired) electrons. The molecule has 1 N–H and O–H groups in total. The van der Waals surface area contributed by atoms with Crippen molar-refractivity contribution in [1.82, 2.24) is 0 Å². The molecule has 0 aromatic rings. The number of carboxylic acids is 1. The predicted molar refractivity (Wildman–Crippen MR) is 68.4 cm³/mol. The fraction of sp³-hybridized carbons (Fsp3) is 0.714. The van der Waals surface area contributed by atoms with Gasteiger partial charge in [-0.25, -0.2) is 0 Å². The Morgan fingerprint density at radius 2 is 2.12 bits per heavy atom. The Morgan fingerprint density at radius 1 is 1.53 bits per heavy atom. The Bertz CT molecular complexity index is 324. The van der Waals surface area contributed by atoms with Crippen molar-refractivity contribution < 1.29 is 9.90 Å². The van der Waals surface area contributed by atoms with Crippen molar-refractivity contribution in [1.29, 1.82) is 5.26 Å². The summed E-state index contributed by atoms with van der Waals surface area (Å²) in [7, 11) is 0. The lowest BCUT2D eigenvalue weighted by Gasteiger charge is -2.27. The first-order valence-electron chi connectivity index (χ1n) is 6.17. The maximum absolute atomic E-state index is 10.9. The monoisotopic (exact) mass is 237 g/mol. The van der Waals surface area contributed by atoms with Gasteiger partial charge in [0.25, 0.3) is 0 Å². The molecule has 0 aromatic heterocycles. The summed E-state index contributed by atoms with van der Waals surface area (Å²) in [5.74, 6) is -1.19. The zero-order valence-corrected chi connectivity index (χ0v) is 11.3. The summed E-state index contributed by atoms with van der Waals surface area (Å²) in [5.41, 5.74) is 0.456. The van der Waals surface area contributed by atoms with Crippen LogP contribution in [0.2, 0.25) is 0 Å². The quantitative estimate of drug-likeness (QED) is 0.686. The number of unbranched alkanes of at least 4 members (excludes halogenated alkanes) is 1. The molecule has 1 atom stereocenters. The Hall–Kier alpha value is -1.30. The summed E-state index contributed by atoms with van der Waals surface area (Å²) in [6, 6.07) is 2.19. The highest BCUT2D eigenvalue weighted by Crippen LogP contribution is 2.31. The van der Waals surface area contributed by atoms with E-state index in [2.05, 4.69) is 13.0 Å². The molecule has 0 saturated heterocycles. The molecule has 0 amide bonds. The Kier molecular flexibility index (Phi) is 6.57. The van der Waals surface area contributed by atoms with Crippen molar-refractivity contribution in [2.75, 3.05) is 0 Å². The Balaban J connectivity index is 4.55. The first-order valence-corrected chi connectivity index (χ1v) is 6.17. The van der Waals surface area contributed by atoms with Crippen LogP contribution in [0.1, 0.15) is 53.4 Å². The minimum Gasteiger partial charge on any atom is -0.481 e. The fourth-order valence-corrected chi connectivity index (χ4v) is 1.47. The van der Waals surface area contributed by atoms with Crippen LogP contribution in [0.25, 0.3) is 0 Å². The second kappa shape index (κ2) is 7.11. The van der Waals surface area contributed by atoms with E-state index in [-0.39, 0.29) is 5.41 Å². The van der Waals surface area contributed by atoms with Gasteiger partial charge in [0.1, 0.15) is 0 Å². The van der Waals surface area contributed by atoms with Gasteiger partial charge in [0, 0.05) is 5.57 Å². The van der Waals surface area contributed by atoms with Gasteiger partial charge in [-0.2, -0.15) is 5.26 Å². The molecule has 17 heavy (non-hydrogen) atoms. The van der Waals surface area contributed by atoms with Crippen LogP contribution in [0.3, 0.4) is 0 Å². The van der Waals surface area contributed by atoms with E-state index in [9.17, 15) is 4.79 Å². The van der Waals surface area contributed by atoms with Crippen LogP contribution in [0.15, 0.2) is 11.6 Å². The molecule has 0 bridgehead atoms. The third kappa shape index (κ3) is 5.53. The second-order valence-electron chi connectivity index (χ2n) is 5.20. The molecular formula is C14H23NO2. The van der Waals surface area contributed by atoms with Crippen LogP contribution < -0.4 is 0 Å². The van der Waals surface area contributed by atoms with E-state index in [0.717, 1.165) is 24.8 Å². The molecule has 0 aliphatic carbocycles. The zero-order valence-electron chi connectivity index (χ0n) is 11.3. The molecule has 0 fully saturated rings. The number of carbonyl (C=O) groups is 1. The minimum absolute atomic E-state index is 0.319. The lowest BCUT2D eigenvalue weighted by atomic mass is 9.77. The molecule has 0 rings (SSSR count). The van der Waals surface area contributed by atoms with Gasteiger partial charge in [0.15, 0.2) is 0 Å². The molecule has 0 spiro atoms. The van der Waals surface area contributed by atoms with Crippen LogP contribution >= 0.6 is 0 Å². The van der Waals surface area contributed by atoms with Crippen molar-refractivity contribution in [2.24, 2.45) is 11.3 Å². The summed E-state index contributed by atoms with van der Waals surface area (Å²) in [4.78, 5) is 10.9. The van der Waals surface area contributed by atoms with Crippen LogP contribution in [-0.2, 0) is 4.79 Å². The largest absolute Gasteiger partial charge is 0.481 e. The third-order valence-electron chi connectivity index (χ3n) is 3.36. The van der Waals surface area contributed by atoms with Gasteiger partial charge in [-0.15, -0.1) is 0 Å². The highest BCUT2D eigenvalue weighted by Gasteiger charge is 2.30. The molecule has 3 heteroatoms. The summed E-state index contributed by atoms with van der Waals surface area (Å²) in [5, 5.41) is 18.0. The van der Waals surface area contributed by atoms with E-state index in [1.165, 1.54) is 0 Å². The minimum atomic E-state index is -0.782. The lowest BCUT2D eigenvalue weighted by Crippen LogP contribution is -2.28. The van der Waals surface area contributed by atoms with Gasteiger partial charge in [0.05, 0.1) is 12.0 Å². The molecule has 0 saturated carbocycles. The predicted octanol–water partition coefficient (Wildman–Crippen LogP) is 3.76. The standard InChI is InChI=1S/C14H23NO2/c1-5-6-7-12(10-15)8-9-14(3,4)11(2)13(16)17/h8,11H,5-7,9H2,1-4H3,(H,16,17)/b12-8+. The average molecular weight is 237 g/mol. The number of aliphatic carboxylic acids is 1. The molecule has 0 aromatic carbocycles. The van der Waals surface area contributed by atoms with Crippen LogP contribution in [-0.4, -0.2) is 11.1 Å². The van der Waals surface area contributed by atoms with Crippen molar-refractivity contribution in [2.45, 2.75) is 53.4 Å². The smallest absolute Gasteiger partial charge is 0.306 e. The van der Waals surface area contributed by atoms with E-state index in [1.807, 2.05) is 19.9 Å². The van der Waals surface area contributed by atoms with Gasteiger partial charge in [0.2, 0.25) is 0 Å². The van der Waals surface area contributed by atoms with E-state index >= 15 is 0 Å². The fourth-order valence-electron chi connectivity index (χ4n) is 1.47. The highest BCUT2D eigenvalue weighted by molar-refractivity contribution is 5.70. The lowest BCUT2D eigenvalue weighted by molar-refractivity contribution is -0.144. The number of rotatable bonds is 7. The van der Waals surface area contributed by atoms with Crippen LogP contribution in [0.4, 0.5) is 0 Å². The van der Waals surface area contributed by atoms with Crippen molar-refractivity contribution in [3.8, 4) is 6.07 Å². The first-order chi connectivity index (χ1) is 7.85. The van der Waals surface area contributed by atoms with E-state index < -0.39 is 11.9 Å². The molecule has 3 nitrogen and oxygen atoms in total. The van der Waals surface area contributed by atoms with Gasteiger partial charge < -0.3 is 5.11 Å². The van der Waals surface area contributed by atoms with Crippen LogP contribution in [0.5, 0.6) is 0 Å². The Morgan fingerprint density at radius 3 is 2.53 bits per heavy atom. The van der Waals surface area contributed by atoms with Crippen molar-refractivity contribution >= 4 is 5.97 Å². The highest BCUT2D eigenvalue weighted by atomic mass is 16.4. The van der Waals surface area contributed by atoms with Crippen molar-refractivity contribution in [3.05, 3.63) is 11.6 Å². The van der Waals surface area contributed by atoms with Gasteiger partial charge >= 0.3 is 5.97 Å². The van der Waals surface area contributed by atoms with E-state index in [1.54, 1.807) is 6.92 Å². The number of carboxylic acid groups (broad SMARTS) is 1. The molecule has 0 aliphatic rings. The maximum Gasteiger partial charge on any atom is 0.306 e. The number of allylic oxidation sites excluding steroid dienone is 2. The normalized spacial score (nSPS) is 14.2. The second-order valence-corrected chi connectivity index (χ2v) is 5.20. The van der Waals surface area contributed by atoms with E-state index in [0.29, 0.717) is 6.42 Å². The molecule has 1 unspecified atom stereocenters. The number of nitriles is 1. The molecule has 0 heterocycles. The van der Waals surface area contributed by atoms with Gasteiger partial charge in [-0.1, -0.05) is 40.2 Å². The SMILES string of the molecule is CCCC/C(C#N)=C\CC(C)(C)C(C)C(=O)O. The number of hydrogen-bond donors (Lipinski definition) is 1. The maximum atomic E-state index is 10.9. The van der Waals surface area contributed by atoms with Crippen molar-refractivity contribution in [3.63, 3.8) is 0 Å². The van der Waals surface area contributed by atoms with Crippen LogP contribution in [0, 0.1) is 22.7 Å². The number of hydrogen-bond acceptors (Lipinski definition) is 2. The summed E-state index contributed by atoms with van der Waals surface area (Å²) in [6.07, 6.45) is 5.40. The third-order valence-corrected chi connectivity index (χ3v) is 3.36. The summed E-state index contributed by atoms with van der Waals surface area (Å²) < 4.78 is 0. The molecular weight excluding hydrogens is 214 g/mol. The molecule has 96 valence electrons. The molecule has 0 aliphatic heterocycles. The number of nitrogens with zero attached hydrogens (tertiary/aromatic N) is 1.